The Labute approximate surface area is 70.2 Å². The van der Waals surface area contributed by atoms with Crippen LogP contribution < -0.4 is 0 Å². The van der Waals surface area contributed by atoms with E-state index in [1.807, 2.05) is 18.2 Å². The number of carbonyl (C=O) groups is 1. The van der Waals surface area contributed by atoms with Gasteiger partial charge >= 0.3 is 5.97 Å². The van der Waals surface area contributed by atoms with Crippen molar-refractivity contribution in [1.82, 2.24) is 0 Å². The lowest BCUT2D eigenvalue weighted by Gasteiger charge is -2.10. The molecule has 0 aromatic rings. The van der Waals surface area contributed by atoms with Gasteiger partial charge in [0.05, 0.1) is 6.42 Å². The van der Waals surface area contributed by atoms with Crippen molar-refractivity contribution in [3.05, 3.63) is 24.3 Å². The summed E-state index contributed by atoms with van der Waals surface area (Å²) in [5.74, 6) is -0.898. The molecule has 0 aromatic heterocycles. The molecule has 58 valence electrons. The van der Waals surface area contributed by atoms with Crippen LogP contribution in [0.1, 0.15) is 6.42 Å². The van der Waals surface area contributed by atoms with E-state index in [1.54, 1.807) is 6.08 Å². The van der Waals surface area contributed by atoms with E-state index in [1.165, 1.54) is 0 Å². The van der Waals surface area contributed by atoms with Crippen molar-refractivity contribution >= 4 is 23.1 Å². The summed E-state index contributed by atoms with van der Waals surface area (Å²) < 4.78 is 0. The second kappa shape index (κ2) is 3.44. The van der Waals surface area contributed by atoms with Crippen LogP contribution in [-0.4, -0.2) is 15.9 Å². The first kappa shape index (κ1) is 8.14. The first-order valence-electron chi connectivity index (χ1n) is 3.30. The SMILES string of the molecule is O=C(O)CC1C=CC=CC1=S. The zero-order valence-corrected chi connectivity index (χ0v) is 6.67. The molecule has 0 saturated heterocycles. The van der Waals surface area contributed by atoms with Gasteiger partial charge in [-0.3, -0.25) is 4.79 Å². The average molecular weight is 168 g/mol. The maximum absolute atomic E-state index is 10.3. The third-order valence-electron chi connectivity index (χ3n) is 1.48. The lowest BCUT2D eigenvalue weighted by molar-refractivity contribution is -0.137. The molecule has 0 spiro atoms. The number of hydrogen-bond donors (Lipinski definition) is 1. The summed E-state index contributed by atoms with van der Waals surface area (Å²) in [6, 6.07) is 0. The number of carboxylic acid groups (broad SMARTS) is 1. The summed E-state index contributed by atoms with van der Waals surface area (Å²) in [4.78, 5) is 11.0. The molecule has 0 aromatic carbocycles. The molecule has 1 aliphatic rings. The third-order valence-corrected chi connectivity index (χ3v) is 1.91. The standard InChI is InChI=1S/C8H8O2S/c9-8(10)5-6-3-1-2-4-7(6)11/h1-4,6H,5H2,(H,9,10). The summed E-state index contributed by atoms with van der Waals surface area (Å²) in [6.07, 6.45) is 7.32. The average Bonchev–Trinajstić information content (AvgIpc) is 1.93. The van der Waals surface area contributed by atoms with Crippen molar-refractivity contribution in [3.8, 4) is 0 Å². The lowest BCUT2D eigenvalue weighted by Crippen LogP contribution is -2.14. The van der Waals surface area contributed by atoms with E-state index in [0.717, 1.165) is 0 Å². The Morgan fingerprint density at radius 1 is 1.64 bits per heavy atom. The highest BCUT2D eigenvalue weighted by Gasteiger charge is 2.14. The van der Waals surface area contributed by atoms with Crippen molar-refractivity contribution < 1.29 is 9.90 Å². The highest BCUT2D eigenvalue weighted by atomic mass is 32.1. The first-order valence-corrected chi connectivity index (χ1v) is 3.71. The summed E-state index contributed by atoms with van der Waals surface area (Å²) in [7, 11) is 0. The Morgan fingerprint density at radius 3 is 2.91 bits per heavy atom. The van der Waals surface area contributed by atoms with E-state index >= 15 is 0 Å². The Kier molecular flexibility index (Phi) is 2.54. The highest BCUT2D eigenvalue weighted by molar-refractivity contribution is 7.80. The largest absolute Gasteiger partial charge is 0.481 e. The second-order valence-corrected chi connectivity index (χ2v) is 2.82. The first-order chi connectivity index (χ1) is 5.20. The molecule has 1 rings (SSSR count). The van der Waals surface area contributed by atoms with Crippen molar-refractivity contribution in [1.29, 1.82) is 0 Å². The normalized spacial score (nSPS) is 22.2. The van der Waals surface area contributed by atoms with Gasteiger partial charge in [-0.25, -0.2) is 0 Å². The summed E-state index contributed by atoms with van der Waals surface area (Å²) >= 11 is 4.94. The van der Waals surface area contributed by atoms with Crippen LogP contribution in [0.25, 0.3) is 0 Å². The van der Waals surface area contributed by atoms with Crippen molar-refractivity contribution in [3.63, 3.8) is 0 Å². The molecule has 11 heavy (non-hydrogen) atoms. The Morgan fingerprint density at radius 2 is 2.36 bits per heavy atom. The molecule has 0 bridgehead atoms. The number of thiocarbonyl (C=S) groups is 1. The molecule has 0 radical (unpaired) electrons. The molecule has 1 unspecified atom stereocenters. The van der Waals surface area contributed by atoms with Gasteiger partial charge in [-0.15, -0.1) is 0 Å². The molecule has 0 aliphatic heterocycles. The van der Waals surface area contributed by atoms with E-state index in [0.29, 0.717) is 4.86 Å². The van der Waals surface area contributed by atoms with E-state index < -0.39 is 5.97 Å². The van der Waals surface area contributed by atoms with E-state index in [2.05, 4.69) is 0 Å². The summed E-state index contributed by atoms with van der Waals surface area (Å²) in [5, 5.41) is 8.47. The van der Waals surface area contributed by atoms with Gasteiger partial charge in [0.2, 0.25) is 0 Å². The van der Waals surface area contributed by atoms with Gasteiger partial charge in [0, 0.05) is 10.8 Å². The smallest absolute Gasteiger partial charge is 0.304 e. The van der Waals surface area contributed by atoms with E-state index in [9.17, 15) is 4.79 Å². The van der Waals surface area contributed by atoms with Gasteiger partial charge < -0.3 is 5.11 Å². The Balaban J connectivity index is 2.59. The van der Waals surface area contributed by atoms with Gasteiger partial charge in [-0.2, -0.15) is 0 Å². The van der Waals surface area contributed by atoms with Crippen molar-refractivity contribution in [2.45, 2.75) is 6.42 Å². The highest BCUT2D eigenvalue weighted by Crippen LogP contribution is 2.13. The number of rotatable bonds is 2. The maximum Gasteiger partial charge on any atom is 0.304 e. The molecule has 0 fully saturated rings. The minimum absolute atomic E-state index is 0.0903. The van der Waals surface area contributed by atoms with Gasteiger partial charge in [-0.05, 0) is 6.08 Å². The Bertz CT molecular complexity index is 240. The van der Waals surface area contributed by atoms with Crippen molar-refractivity contribution in [2.24, 2.45) is 5.92 Å². The van der Waals surface area contributed by atoms with Crippen LogP contribution in [0.15, 0.2) is 24.3 Å². The van der Waals surface area contributed by atoms with Crippen LogP contribution >= 0.6 is 12.2 Å². The number of hydrogen-bond acceptors (Lipinski definition) is 2. The maximum atomic E-state index is 10.3. The van der Waals surface area contributed by atoms with Crippen LogP contribution in [0, 0.1) is 5.92 Å². The molecule has 1 N–H and O–H groups in total. The van der Waals surface area contributed by atoms with Crippen LogP contribution in [-0.2, 0) is 4.79 Å². The molecule has 1 aliphatic carbocycles. The molecular weight excluding hydrogens is 160 g/mol. The van der Waals surface area contributed by atoms with Crippen LogP contribution in [0.3, 0.4) is 0 Å². The molecule has 3 heteroatoms. The summed E-state index contributed by atoms with van der Waals surface area (Å²) in [5.41, 5.74) is 0. The number of aliphatic carboxylic acids is 1. The van der Waals surface area contributed by atoms with Crippen LogP contribution in [0.2, 0.25) is 0 Å². The topological polar surface area (TPSA) is 37.3 Å². The van der Waals surface area contributed by atoms with Crippen LogP contribution in [0.4, 0.5) is 0 Å². The van der Waals surface area contributed by atoms with Crippen LogP contribution in [0.5, 0.6) is 0 Å². The lowest BCUT2D eigenvalue weighted by atomic mass is 9.97. The molecule has 0 heterocycles. The monoisotopic (exact) mass is 168 g/mol. The summed E-state index contributed by atoms with van der Waals surface area (Å²) in [6.45, 7) is 0. The van der Waals surface area contributed by atoms with Gasteiger partial charge in [0.1, 0.15) is 0 Å². The fourth-order valence-corrected chi connectivity index (χ4v) is 1.16. The minimum atomic E-state index is -0.808. The molecular formula is C8H8O2S. The molecule has 0 amide bonds. The second-order valence-electron chi connectivity index (χ2n) is 2.35. The fraction of sp³-hybridized carbons (Fsp3) is 0.250. The van der Waals surface area contributed by atoms with Crippen molar-refractivity contribution in [2.75, 3.05) is 0 Å². The molecule has 1 atom stereocenters. The van der Waals surface area contributed by atoms with E-state index in [4.69, 9.17) is 17.3 Å². The predicted octanol–water partition coefficient (Wildman–Crippen LogP) is 1.57. The fourth-order valence-electron chi connectivity index (χ4n) is 0.924. The molecule has 2 nitrogen and oxygen atoms in total. The van der Waals surface area contributed by atoms with E-state index in [-0.39, 0.29) is 12.3 Å². The third kappa shape index (κ3) is 2.27. The zero-order chi connectivity index (χ0) is 8.27. The number of allylic oxidation sites excluding steroid dienone is 4. The number of carboxylic acids is 1. The predicted molar refractivity (Wildman–Crippen MR) is 46.6 cm³/mol. The quantitative estimate of drug-likeness (QED) is 0.636. The Hall–Kier alpha value is -0.960. The van der Waals surface area contributed by atoms with Gasteiger partial charge in [0.15, 0.2) is 0 Å². The van der Waals surface area contributed by atoms with Gasteiger partial charge in [-0.1, -0.05) is 30.4 Å². The molecule has 0 saturated carbocycles. The minimum Gasteiger partial charge on any atom is -0.481 e. The zero-order valence-electron chi connectivity index (χ0n) is 5.86. The van der Waals surface area contributed by atoms with Gasteiger partial charge in [0.25, 0.3) is 0 Å².